The molecule has 5 atom stereocenters. The Morgan fingerprint density at radius 2 is 2.10 bits per heavy atom. The van der Waals surface area contributed by atoms with Crippen LogP contribution in [0.5, 0.6) is 10.9 Å². The van der Waals surface area contributed by atoms with Crippen molar-refractivity contribution < 1.29 is 9.84 Å². The van der Waals surface area contributed by atoms with E-state index in [4.69, 9.17) is 4.74 Å². The maximum atomic E-state index is 10.6. The van der Waals surface area contributed by atoms with Gasteiger partial charge in [-0.05, 0) is 49.9 Å². The third-order valence-electron chi connectivity index (χ3n) is 7.45. The standard InChI is InChI=1S/C22H25N5O2S/c1-12-6-7-27(25-12)13-4-5-15(18(28)8-13)20-23-24-21(30-20)29-14-9-17-16-11-22(16,2)19(10-14)26(17)3/h4-8,14,16-17,19,28H,9-11H2,1-3H3. The molecule has 1 aromatic carbocycles. The van der Waals surface area contributed by atoms with Gasteiger partial charge in [0.2, 0.25) is 0 Å². The van der Waals surface area contributed by atoms with Gasteiger partial charge in [0.15, 0.2) is 5.01 Å². The van der Waals surface area contributed by atoms with Gasteiger partial charge in [-0.15, -0.1) is 5.10 Å². The number of phenolic OH excluding ortho intramolecular Hbond substituents is 1. The molecule has 0 amide bonds. The van der Waals surface area contributed by atoms with Crippen LogP contribution in [0, 0.1) is 18.3 Å². The van der Waals surface area contributed by atoms with Crippen LogP contribution in [0.4, 0.5) is 0 Å². The fraction of sp³-hybridized carbons (Fsp3) is 0.500. The van der Waals surface area contributed by atoms with E-state index in [2.05, 4.69) is 34.2 Å². The van der Waals surface area contributed by atoms with Gasteiger partial charge in [0.05, 0.1) is 16.9 Å². The van der Waals surface area contributed by atoms with Gasteiger partial charge in [-0.1, -0.05) is 23.4 Å². The van der Waals surface area contributed by atoms with E-state index in [9.17, 15) is 5.11 Å². The number of nitrogens with zero attached hydrogens (tertiary/aromatic N) is 5. The van der Waals surface area contributed by atoms with Crippen LogP contribution in [0.1, 0.15) is 31.9 Å². The highest BCUT2D eigenvalue weighted by atomic mass is 32.1. The van der Waals surface area contributed by atoms with E-state index in [1.54, 1.807) is 10.7 Å². The molecule has 1 saturated carbocycles. The van der Waals surface area contributed by atoms with Crippen molar-refractivity contribution in [3.05, 3.63) is 36.2 Å². The van der Waals surface area contributed by atoms with Crippen LogP contribution in [-0.4, -0.2) is 55.2 Å². The Bertz CT molecular complexity index is 1120. The number of rotatable bonds is 4. The zero-order valence-corrected chi connectivity index (χ0v) is 18.1. The van der Waals surface area contributed by atoms with Crippen LogP contribution in [0.3, 0.4) is 0 Å². The highest BCUT2D eigenvalue weighted by molar-refractivity contribution is 7.16. The number of hydrogen-bond donors (Lipinski definition) is 1. The van der Waals surface area contributed by atoms with E-state index in [1.165, 1.54) is 17.8 Å². The highest BCUT2D eigenvalue weighted by Gasteiger charge is 2.68. The largest absolute Gasteiger partial charge is 0.507 e. The van der Waals surface area contributed by atoms with Crippen LogP contribution >= 0.6 is 11.3 Å². The fourth-order valence-electron chi connectivity index (χ4n) is 5.74. The van der Waals surface area contributed by atoms with Crippen molar-refractivity contribution in [2.75, 3.05) is 7.05 Å². The zero-order valence-electron chi connectivity index (χ0n) is 17.3. The third-order valence-corrected chi connectivity index (χ3v) is 8.30. The summed E-state index contributed by atoms with van der Waals surface area (Å²) in [5, 5.41) is 24.7. The van der Waals surface area contributed by atoms with Crippen LogP contribution < -0.4 is 4.74 Å². The van der Waals surface area contributed by atoms with Crippen molar-refractivity contribution in [1.82, 2.24) is 24.9 Å². The summed E-state index contributed by atoms with van der Waals surface area (Å²) in [7, 11) is 2.27. The van der Waals surface area contributed by atoms with Gasteiger partial charge in [-0.2, -0.15) is 5.10 Å². The number of phenols is 1. The Hall–Kier alpha value is -2.45. The number of fused-ring (bicyclic) bond motifs is 5. The van der Waals surface area contributed by atoms with Crippen LogP contribution in [0.15, 0.2) is 30.5 Å². The number of aromatic hydroxyl groups is 1. The van der Waals surface area contributed by atoms with Gasteiger partial charge in [0.25, 0.3) is 5.19 Å². The van der Waals surface area contributed by atoms with Crippen molar-refractivity contribution in [1.29, 1.82) is 0 Å². The normalized spacial score (nSPS) is 32.2. The molecule has 1 aliphatic carbocycles. The molecule has 3 aromatic rings. The van der Waals surface area contributed by atoms with Gasteiger partial charge < -0.3 is 9.84 Å². The average Bonchev–Trinajstić information content (AvgIpc) is 3.00. The Morgan fingerprint density at radius 3 is 2.83 bits per heavy atom. The number of hydrogen-bond acceptors (Lipinski definition) is 7. The number of aromatic nitrogens is 4. The summed E-state index contributed by atoms with van der Waals surface area (Å²) in [4.78, 5) is 2.57. The number of benzene rings is 1. The lowest BCUT2D eigenvalue weighted by molar-refractivity contribution is 0.0374. The molecular weight excluding hydrogens is 398 g/mol. The van der Waals surface area contributed by atoms with Gasteiger partial charge in [0, 0.05) is 37.2 Å². The van der Waals surface area contributed by atoms with E-state index in [0.29, 0.717) is 33.3 Å². The van der Waals surface area contributed by atoms with Crippen molar-refractivity contribution >= 4 is 11.3 Å². The summed E-state index contributed by atoms with van der Waals surface area (Å²) in [5.74, 6) is 0.994. The van der Waals surface area contributed by atoms with Gasteiger partial charge >= 0.3 is 0 Å². The lowest BCUT2D eigenvalue weighted by Crippen LogP contribution is -2.48. The molecule has 4 heterocycles. The second-order valence-corrected chi connectivity index (χ2v) is 10.2. The second-order valence-electron chi connectivity index (χ2n) is 9.25. The van der Waals surface area contributed by atoms with Gasteiger partial charge in [0.1, 0.15) is 11.9 Å². The van der Waals surface area contributed by atoms with Gasteiger partial charge in [-0.25, -0.2) is 4.68 Å². The second kappa shape index (κ2) is 6.28. The Morgan fingerprint density at radius 1 is 1.23 bits per heavy atom. The quantitative estimate of drug-likeness (QED) is 0.690. The lowest BCUT2D eigenvalue weighted by Gasteiger charge is -2.39. The summed E-state index contributed by atoms with van der Waals surface area (Å²) in [6.45, 7) is 4.37. The number of piperidine rings is 2. The summed E-state index contributed by atoms with van der Waals surface area (Å²) in [6, 6.07) is 8.65. The first kappa shape index (κ1) is 18.3. The Kier molecular flexibility index (Phi) is 3.83. The zero-order chi connectivity index (χ0) is 20.6. The number of ether oxygens (including phenoxy) is 1. The average molecular weight is 424 g/mol. The first-order valence-electron chi connectivity index (χ1n) is 10.5. The molecule has 3 aliphatic rings. The molecule has 6 rings (SSSR count). The molecule has 2 aromatic heterocycles. The van der Waals surface area contributed by atoms with Crippen molar-refractivity contribution in [2.24, 2.45) is 11.3 Å². The topological polar surface area (TPSA) is 76.3 Å². The summed E-state index contributed by atoms with van der Waals surface area (Å²) >= 11 is 1.39. The van der Waals surface area contributed by atoms with E-state index >= 15 is 0 Å². The molecule has 0 spiro atoms. The molecule has 5 unspecified atom stereocenters. The minimum atomic E-state index is 0.161. The predicted molar refractivity (Wildman–Crippen MR) is 114 cm³/mol. The number of aryl methyl sites for hydroxylation is 1. The maximum absolute atomic E-state index is 10.6. The van der Waals surface area contributed by atoms with Gasteiger partial charge in [-0.3, -0.25) is 4.90 Å². The molecule has 2 saturated heterocycles. The fourth-order valence-corrected chi connectivity index (χ4v) is 6.54. The molecule has 3 fully saturated rings. The van der Waals surface area contributed by atoms with Crippen LogP contribution in [0.25, 0.3) is 16.3 Å². The van der Waals surface area contributed by atoms with E-state index < -0.39 is 0 Å². The first-order chi connectivity index (χ1) is 14.4. The SMILES string of the molecule is Cc1ccn(-c2ccc(-c3nnc(OC4CC5C6CC6(C)C(C4)N5C)s3)c(O)c2)n1. The smallest absolute Gasteiger partial charge is 0.294 e. The van der Waals surface area contributed by atoms with E-state index in [0.717, 1.165) is 30.1 Å². The third kappa shape index (κ3) is 2.70. The van der Waals surface area contributed by atoms with Crippen molar-refractivity contribution in [2.45, 2.75) is 51.3 Å². The monoisotopic (exact) mass is 423 g/mol. The minimum absolute atomic E-state index is 0.161. The van der Waals surface area contributed by atoms with Crippen molar-refractivity contribution in [3.63, 3.8) is 0 Å². The molecule has 2 aliphatic heterocycles. The molecule has 156 valence electrons. The summed E-state index contributed by atoms with van der Waals surface area (Å²) in [5.41, 5.74) is 2.88. The molecular formula is C22H25N5O2S. The Balaban J connectivity index is 1.19. The maximum Gasteiger partial charge on any atom is 0.294 e. The van der Waals surface area contributed by atoms with Crippen LogP contribution in [0.2, 0.25) is 0 Å². The molecule has 2 bridgehead atoms. The van der Waals surface area contributed by atoms with Crippen molar-refractivity contribution in [3.8, 4) is 27.2 Å². The first-order valence-corrected chi connectivity index (χ1v) is 11.3. The highest BCUT2D eigenvalue weighted by Crippen LogP contribution is 2.67. The predicted octanol–water partition coefficient (Wildman–Crippen LogP) is 3.65. The minimum Gasteiger partial charge on any atom is -0.507 e. The molecule has 0 radical (unpaired) electrons. The van der Waals surface area contributed by atoms with E-state index in [-0.39, 0.29) is 11.9 Å². The summed E-state index contributed by atoms with van der Waals surface area (Å²) < 4.78 is 8.00. The summed E-state index contributed by atoms with van der Waals surface area (Å²) in [6.07, 6.45) is 5.56. The van der Waals surface area contributed by atoms with Crippen LogP contribution in [-0.2, 0) is 0 Å². The van der Waals surface area contributed by atoms with E-state index in [1.807, 2.05) is 31.3 Å². The Labute approximate surface area is 179 Å². The molecule has 30 heavy (non-hydrogen) atoms. The lowest BCUT2D eigenvalue weighted by atomic mass is 9.91. The molecule has 1 N–H and O–H groups in total. The molecule has 8 heteroatoms. The molecule has 7 nitrogen and oxygen atoms in total.